The number of hydrogen-bond donors (Lipinski definition) is 0. The summed E-state index contributed by atoms with van der Waals surface area (Å²) < 4.78 is 4.79. The standard InChI is InChI=1S/C54H41N5/c1-35-31-36(2)51-47(32-35)46-34-41(40-25-29-49-45(33-40)44-21-13-14-22-48(44)58(49)42-19-11-6-12-20-42)26-30-50(46)59(51)43-27-23-37(24-28-43)52-55-53(38-15-7-4-8-16-38)57(3)54(56-52)39-17-9-5-10-18-39/h4-34,53H,1-3H3. The smallest absolute Gasteiger partial charge is 0.159 e. The van der Waals surface area contributed by atoms with E-state index in [2.05, 4.69) is 211 Å². The Bertz CT molecular complexity index is 3280. The third-order valence-corrected chi connectivity index (χ3v) is 11.9. The van der Waals surface area contributed by atoms with Crippen molar-refractivity contribution in [3.8, 4) is 22.5 Å². The summed E-state index contributed by atoms with van der Waals surface area (Å²) in [5.41, 5.74) is 15.2. The molecule has 59 heavy (non-hydrogen) atoms. The van der Waals surface area contributed by atoms with Crippen molar-refractivity contribution in [3.05, 3.63) is 216 Å². The Labute approximate surface area is 343 Å². The Balaban J connectivity index is 1.03. The molecule has 282 valence electrons. The highest BCUT2D eigenvalue weighted by atomic mass is 15.3. The predicted molar refractivity (Wildman–Crippen MR) is 246 cm³/mol. The Morgan fingerprint density at radius 3 is 1.71 bits per heavy atom. The Kier molecular flexibility index (Phi) is 8.16. The normalized spacial score (nSPS) is 14.4. The van der Waals surface area contributed by atoms with Gasteiger partial charge >= 0.3 is 0 Å². The number of fused-ring (bicyclic) bond motifs is 6. The molecule has 0 saturated heterocycles. The lowest BCUT2D eigenvalue weighted by atomic mass is 10.00. The zero-order chi connectivity index (χ0) is 39.6. The summed E-state index contributed by atoms with van der Waals surface area (Å²) in [7, 11) is 2.08. The molecule has 1 unspecified atom stereocenters. The van der Waals surface area contributed by atoms with Gasteiger partial charge in [0.05, 0.1) is 22.1 Å². The van der Waals surface area contributed by atoms with E-state index in [0.29, 0.717) is 0 Å². The lowest BCUT2D eigenvalue weighted by Gasteiger charge is -2.32. The fourth-order valence-electron chi connectivity index (χ4n) is 9.19. The van der Waals surface area contributed by atoms with E-state index in [1.807, 2.05) is 12.1 Å². The first-order chi connectivity index (χ1) is 29.0. The van der Waals surface area contributed by atoms with Gasteiger partial charge in [-0.05, 0) is 109 Å². The van der Waals surface area contributed by atoms with Crippen molar-refractivity contribution in [1.29, 1.82) is 0 Å². The number of benzene rings is 8. The topological polar surface area (TPSA) is 37.8 Å². The SMILES string of the molecule is Cc1cc(C)c2c(c1)c1cc(-c3ccc4c(c3)c3ccccc3n4-c3ccccc3)ccc1n2-c1ccc(C2=NC(c3ccccc3)N(C)C(c3ccccc3)=N2)cc1. The van der Waals surface area contributed by atoms with Crippen LogP contribution < -0.4 is 0 Å². The number of amidine groups is 2. The van der Waals surface area contributed by atoms with Gasteiger partial charge in [0, 0.05) is 51.1 Å². The molecule has 0 amide bonds. The Hall–Kier alpha value is -7.50. The van der Waals surface area contributed by atoms with Crippen molar-refractivity contribution in [1.82, 2.24) is 14.0 Å². The molecule has 0 spiro atoms. The second kappa shape index (κ2) is 13.9. The lowest BCUT2D eigenvalue weighted by molar-refractivity contribution is 0.383. The van der Waals surface area contributed by atoms with Crippen molar-refractivity contribution < 1.29 is 0 Å². The number of aryl methyl sites for hydroxylation is 2. The molecule has 0 saturated carbocycles. The fraction of sp³-hybridized carbons (Fsp3) is 0.0741. The molecular formula is C54H41N5. The summed E-state index contributed by atoms with van der Waals surface area (Å²) in [5, 5.41) is 5.00. The van der Waals surface area contributed by atoms with Crippen LogP contribution in [0.25, 0.3) is 66.1 Å². The zero-order valence-corrected chi connectivity index (χ0v) is 33.2. The van der Waals surface area contributed by atoms with Crippen LogP contribution in [0.2, 0.25) is 0 Å². The molecular weight excluding hydrogens is 719 g/mol. The van der Waals surface area contributed by atoms with Crippen LogP contribution in [0.15, 0.2) is 198 Å². The maximum atomic E-state index is 5.23. The van der Waals surface area contributed by atoms with Crippen molar-refractivity contribution in [2.24, 2.45) is 9.98 Å². The van der Waals surface area contributed by atoms with Gasteiger partial charge in [0.25, 0.3) is 0 Å². The van der Waals surface area contributed by atoms with Crippen LogP contribution in [-0.4, -0.2) is 32.8 Å². The summed E-state index contributed by atoms with van der Waals surface area (Å²) in [6.45, 7) is 4.42. The zero-order valence-electron chi connectivity index (χ0n) is 33.2. The number of para-hydroxylation sites is 2. The van der Waals surface area contributed by atoms with Crippen LogP contribution in [0.1, 0.15) is 34.0 Å². The summed E-state index contributed by atoms with van der Waals surface area (Å²) in [5.74, 6) is 1.63. The quantitative estimate of drug-likeness (QED) is 0.166. The van der Waals surface area contributed by atoms with E-state index in [0.717, 1.165) is 34.0 Å². The summed E-state index contributed by atoms with van der Waals surface area (Å²) in [6, 6.07) is 67.5. The molecule has 10 aromatic rings. The van der Waals surface area contributed by atoms with E-state index < -0.39 is 0 Å². The van der Waals surface area contributed by atoms with Gasteiger partial charge in [0.15, 0.2) is 5.84 Å². The van der Waals surface area contributed by atoms with Gasteiger partial charge in [0.1, 0.15) is 12.0 Å². The van der Waals surface area contributed by atoms with Crippen molar-refractivity contribution >= 4 is 55.3 Å². The average molecular weight is 760 g/mol. The number of rotatable bonds is 6. The van der Waals surface area contributed by atoms with Gasteiger partial charge in [-0.2, -0.15) is 0 Å². The predicted octanol–water partition coefficient (Wildman–Crippen LogP) is 13.0. The minimum absolute atomic E-state index is 0.195. The monoisotopic (exact) mass is 759 g/mol. The van der Waals surface area contributed by atoms with E-state index in [-0.39, 0.29) is 6.17 Å². The molecule has 3 heterocycles. The molecule has 1 aliphatic heterocycles. The molecule has 0 bridgehead atoms. The molecule has 8 aromatic carbocycles. The second-order valence-electron chi connectivity index (χ2n) is 15.7. The average Bonchev–Trinajstić information content (AvgIpc) is 3.80. The molecule has 11 rings (SSSR count). The largest absolute Gasteiger partial charge is 0.333 e. The molecule has 5 heteroatoms. The van der Waals surface area contributed by atoms with Crippen LogP contribution in [0.4, 0.5) is 0 Å². The maximum Gasteiger partial charge on any atom is 0.159 e. The summed E-state index contributed by atoms with van der Waals surface area (Å²) >= 11 is 0. The van der Waals surface area contributed by atoms with Gasteiger partial charge in [0.2, 0.25) is 0 Å². The minimum atomic E-state index is -0.195. The van der Waals surface area contributed by atoms with Crippen molar-refractivity contribution in [2.45, 2.75) is 20.0 Å². The first kappa shape index (κ1) is 34.7. The summed E-state index contributed by atoms with van der Waals surface area (Å²) in [4.78, 5) is 12.6. The van der Waals surface area contributed by atoms with Crippen LogP contribution in [0.3, 0.4) is 0 Å². The fourth-order valence-corrected chi connectivity index (χ4v) is 9.19. The molecule has 1 atom stereocenters. The number of hydrogen-bond acceptors (Lipinski definition) is 3. The molecule has 5 nitrogen and oxygen atoms in total. The third-order valence-electron chi connectivity index (χ3n) is 11.9. The molecule has 1 aliphatic rings. The van der Waals surface area contributed by atoms with Crippen LogP contribution in [0, 0.1) is 13.8 Å². The van der Waals surface area contributed by atoms with Crippen LogP contribution in [-0.2, 0) is 0 Å². The van der Waals surface area contributed by atoms with Crippen molar-refractivity contribution in [3.63, 3.8) is 0 Å². The van der Waals surface area contributed by atoms with E-state index in [4.69, 9.17) is 9.98 Å². The highest BCUT2D eigenvalue weighted by molar-refractivity contribution is 6.15. The van der Waals surface area contributed by atoms with E-state index in [1.54, 1.807) is 0 Å². The van der Waals surface area contributed by atoms with Gasteiger partial charge in [-0.25, -0.2) is 9.98 Å². The van der Waals surface area contributed by atoms with Gasteiger partial charge in [-0.3, -0.25) is 0 Å². The Morgan fingerprint density at radius 1 is 0.441 bits per heavy atom. The van der Waals surface area contributed by atoms with E-state index >= 15 is 0 Å². The highest BCUT2D eigenvalue weighted by Gasteiger charge is 2.27. The lowest BCUT2D eigenvalue weighted by Crippen LogP contribution is -2.35. The molecule has 0 radical (unpaired) electrons. The second-order valence-corrected chi connectivity index (χ2v) is 15.7. The highest BCUT2D eigenvalue weighted by Crippen LogP contribution is 2.40. The Morgan fingerprint density at radius 2 is 1.00 bits per heavy atom. The van der Waals surface area contributed by atoms with Crippen molar-refractivity contribution in [2.75, 3.05) is 7.05 Å². The molecule has 0 fully saturated rings. The number of nitrogens with zero attached hydrogens (tertiary/aromatic N) is 5. The van der Waals surface area contributed by atoms with Gasteiger partial charge < -0.3 is 14.0 Å². The first-order valence-electron chi connectivity index (χ1n) is 20.2. The molecule has 0 N–H and O–H groups in total. The third kappa shape index (κ3) is 5.77. The van der Waals surface area contributed by atoms with Gasteiger partial charge in [-0.15, -0.1) is 0 Å². The number of aliphatic imine (C=N–C) groups is 2. The molecule has 2 aromatic heterocycles. The maximum absolute atomic E-state index is 5.23. The summed E-state index contributed by atoms with van der Waals surface area (Å²) in [6.07, 6.45) is -0.195. The minimum Gasteiger partial charge on any atom is -0.333 e. The number of aromatic nitrogens is 2. The van der Waals surface area contributed by atoms with E-state index in [9.17, 15) is 0 Å². The van der Waals surface area contributed by atoms with Gasteiger partial charge in [-0.1, -0.05) is 121 Å². The van der Waals surface area contributed by atoms with E-state index in [1.165, 1.54) is 71.6 Å². The van der Waals surface area contributed by atoms with Crippen LogP contribution >= 0.6 is 0 Å². The molecule has 0 aliphatic carbocycles. The van der Waals surface area contributed by atoms with Crippen LogP contribution in [0.5, 0.6) is 0 Å². The first-order valence-corrected chi connectivity index (χ1v) is 20.2.